The summed E-state index contributed by atoms with van der Waals surface area (Å²) in [4.78, 5) is 0. The van der Waals surface area contributed by atoms with Gasteiger partial charge in [-0.25, -0.2) is 0 Å². The molecule has 0 fully saturated rings. The molecule has 0 aliphatic rings. The predicted octanol–water partition coefficient (Wildman–Crippen LogP) is 1.68. The fraction of sp³-hybridized carbons (Fsp3) is 1.00. The Kier molecular flexibility index (Phi) is 8.40. The summed E-state index contributed by atoms with van der Waals surface area (Å²) in [6, 6.07) is 0.298. The Balaban J connectivity index is 3.60. The smallest absolute Gasteiger partial charge is 0.0635 e. The molecular formula is C10H24N2O. The van der Waals surface area contributed by atoms with Crippen LogP contribution in [0.5, 0.6) is 0 Å². The van der Waals surface area contributed by atoms with E-state index in [1.165, 1.54) is 12.8 Å². The zero-order valence-electron chi connectivity index (χ0n) is 9.18. The minimum atomic E-state index is 0.298. The summed E-state index contributed by atoms with van der Waals surface area (Å²) in [5.74, 6) is 6.05. The highest BCUT2D eigenvalue weighted by Crippen LogP contribution is 2.10. The van der Waals surface area contributed by atoms with Gasteiger partial charge in [-0.3, -0.25) is 11.3 Å². The lowest BCUT2D eigenvalue weighted by molar-refractivity contribution is 0.0943. The number of nitrogens with two attached hydrogens (primary N) is 1. The summed E-state index contributed by atoms with van der Waals surface area (Å²) in [5, 5.41) is 0. The fourth-order valence-electron chi connectivity index (χ4n) is 1.39. The van der Waals surface area contributed by atoms with E-state index >= 15 is 0 Å². The highest BCUT2D eigenvalue weighted by Gasteiger charge is 2.14. The van der Waals surface area contributed by atoms with Crippen LogP contribution >= 0.6 is 0 Å². The summed E-state index contributed by atoms with van der Waals surface area (Å²) < 4.78 is 5.46. The molecule has 3 heteroatoms. The van der Waals surface area contributed by atoms with Crippen LogP contribution in [0.25, 0.3) is 0 Å². The molecule has 0 aromatic heterocycles. The van der Waals surface area contributed by atoms with Crippen molar-refractivity contribution in [2.75, 3.05) is 13.2 Å². The third-order valence-corrected chi connectivity index (χ3v) is 2.29. The van der Waals surface area contributed by atoms with Crippen LogP contribution in [0.3, 0.4) is 0 Å². The SMILES string of the molecule is CCCOCC(NN)C(C)CCC. The number of hydrogen-bond acceptors (Lipinski definition) is 3. The zero-order valence-corrected chi connectivity index (χ0v) is 9.18. The van der Waals surface area contributed by atoms with E-state index in [-0.39, 0.29) is 0 Å². The average molecular weight is 188 g/mol. The van der Waals surface area contributed by atoms with Gasteiger partial charge in [-0.1, -0.05) is 27.2 Å². The van der Waals surface area contributed by atoms with Crippen LogP contribution in [0, 0.1) is 5.92 Å². The highest BCUT2D eigenvalue weighted by atomic mass is 16.5. The molecule has 0 aliphatic carbocycles. The Morgan fingerprint density at radius 2 is 2.00 bits per heavy atom. The van der Waals surface area contributed by atoms with Crippen LogP contribution in [0.2, 0.25) is 0 Å². The van der Waals surface area contributed by atoms with Gasteiger partial charge in [-0.15, -0.1) is 0 Å². The lowest BCUT2D eigenvalue weighted by Crippen LogP contribution is -2.43. The number of ether oxygens (including phenoxy) is 1. The summed E-state index contributed by atoms with van der Waals surface area (Å²) in [6.07, 6.45) is 3.47. The van der Waals surface area contributed by atoms with Crippen molar-refractivity contribution in [3.8, 4) is 0 Å². The number of rotatable bonds is 8. The van der Waals surface area contributed by atoms with Crippen molar-refractivity contribution in [1.29, 1.82) is 0 Å². The maximum atomic E-state index is 5.46. The van der Waals surface area contributed by atoms with Crippen molar-refractivity contribution in [3.63, 3.8) is 0 Å². The molecule has 3 nitrogen and oxygen atoms in total. The van der Waals surface area contributed by atoms with Crippen molar-refractivity contribution < 1.29 is 4.74 Å². The van der Waals surface area contributed by atoms with Crippen LogP contribution in [0.4, 0.5) is 0 Å². The number of nitrogens with one attached hydrogen (secondary N) is 1. The maximum Gasteiger partial charge on any atom is 0.0635 e. The molecule has 0 radical (unpaired) electrons. The molecule has 0 aromatic carbocycles. The molecule has 0 aliphatic heterocycles. The molecule has 13 heavy (non-hydrogen) atoms. The molecule has 0 spiro atoms. The van der Waals surface area contributed by atoms with E-state index in [1.54, 1.807) is 0 Å². The van der Waals surface area contributed by atoms with Gasteiger partial charge in [0.1, 0.15) is 0 Å². The Morgan fingerprint density at radius 3 is 2.46 bits per heavy atom. The quantitative estimate of drug-likeness (QED) is 0.346. The maximum absolute atomic E-state index is 5.46. The van der Waals surface area contributed by atoms with Gasteiger partial charge >= 0.3 is 0 Å². The summed E-state index contributed by atoms with van der Waals surface area (Å²) in [7, 11) is 0. The third-order valence-electron chi connectivity index (χ3n) is 2.29. The molecule has 0 aromatic rings. The minimum absolute atomic E-state index is 0.298. The van der Waals surface area contributed by atoms with E-state index in [2.05, 4.69) is 26.2 Å². The van der Waals surface area contributed by atoms with Crippen LogP contribution < -0.4 is 11.3 Å². The Labute approximate surface area is 82.0 Å². The van der Waals surface area contributed by atoms with Gasteiger partial charge in [-0.2, -0.15) is 0 Å². The second kappa shape index (κ2) is 8.48. The van der Waals surface area contributed by atoms with Gasteiger partial charge in [0.15, 0.2) is 0 Å². The fourth-order valence-corrected chi connectivity index (χ4v) is 1.39. The molecule has 0 saturated carbocycles. The van der Waals surface area contributed by atoms with Crippen LogP contribution in [0.1, 0.15) is 40.0 Å². The third kappa shape index (κ3) is 6.02. The van der Waals surface area contributed by atoms with Gasteiger partial charge < -0.3 is 4.74 Å². The first-order chi connectivity index (χ1) is 6.26. The molecule has 0 rings (SSSR count). The Hall–Kier alpha value is -0.120. The molecule has 0 saturated heterocycles. The first-order valence-corrected chi connectivity index (χ1v) is 5.30. The molecule has 0 bridgehead atoms. The predicted molar refractivity (Wildman–Crippen MR) is 56.3 cm³/mol. The number of hydrogen-bond donors (Lipinski definition) is 2. The second-order valence-electron chi connectivity index (χ2n) is 3.61. The molecule has 2 unspecified atom stereocenters. The summed E-state index contributed by atoms with van der Waals surface area (Å²) in [6.45, 7) is 8.07. The lowest BCUT2D eigenvalue weighted by Gasteiger charge is -2.22. The van der Waals surface area contributed by atoms with Crippen molar-refractivity contribution >= 4 is 0 Å². The van der Waals surface area contributed by atoms with E-state index in [9.17, 15) is 0 Å². The van der Waals surface area contributed by atoms with Gasteiger partial charge in [0.05, 0.1) is 6.61 Å². The molecule has 3 N–H and O–H groups in total. The van der Waals surface area contributed by atoms with E-state index in [0.717, 1.165) is 19.6 Å². The van der Waals surface area contributed by atoms with Crippen LogP contribution in [0.15, 0.2) is 0 Å². The van der Waals surface area contributed by atoms with Crippen molar-refractivity contribution in [2.45, 2.75) is 46.1 Å². The normalized spacial score (nSPS) is 15.7. The van der Waals surface area contributed by atoms with E-state index in [1.807, 2.05) is 0 Å². The minimum Gasteiger partial charge on any atom is -0.380 e. The van der Waals surface area contributed by atoms with Gasteiger partial charge in [-0.05, 0) is 18.8 Å². The van der Waals surface area contributed by atoms with E-state index < -0.39 is 0 Å². The molecule has 0 heterocycles. The monoisotopic (exact) mass is 188 g/mol. The van der Waals surface area contributed by atoms with Crippen LogP contribution in [-0.2, 0) is 4.74 Å². The standard InChI is InChI=1S/C10H24N2O/c1-4-6-9(3)10(12-11)8-13-7-5-2/h9-10,12H,4-8,11H2,1-3H3. The molecular weight excluding hydrogens is 164 g/mol. The molecule has 0 amide bonds. The van der Waals surface area contributed by atoms with Crippen LogP contribution in [-0.4, -0.2) is 19.3 Å². The molecule has 2 atom stereocenters. The highest BCUT2D eigenvalue weighted by molar-refractivity contribution is 4.69. The summed E-state index contributed by atoms with van der Waals surface area (Å²) >= 11 is 0. The van der Waals surface area contributed by atoms with E-state index in [0.29, 0.717) is 12.0 Å². The van der Waals surface area contributed by atoms with Crippen molar-refractivity contribution in [3.05, 3.63) is 0 Å². The Morgan fingerprint density at radius 1 is 1.31 bits per heavy atom. The largest absolute Gasteiger partial charge is 0.380 e. The Bertz CT molecular complexity index is 109. The summed E-state index contributed by atoms with van der Waals surface area (Å²) in [5.41, 5.74) is 2.82. The van der Waals surface area contributed by atoms with Crippen molar-refractivity contribution in [1.82, 2.24) is 5.43 Å². The first-order valence-electron chi connectivity index (χ1n) is 5.30. The molecule has 80 valence electrons. The van der Waals surface area contributed by atoms with Crippen molar-refractivity contribution in [2.24, 2.45) is 11.8 Å². The first kappa shape index (κ1) is 12.9. The number of hydrazine groups is 1. The van der Waals surface area contributed by atoms with E-state index in [4.69, 9.17) is 10.6 Å². The average Bonchev–Trinajstić information content (AvgIpc) is 2.13. The lowest BCUT2D eigenvalue weighted by atomic mass is 9.98. The van der Waals surface area contributed by atoms with Gasteiger partial charge in [0, 0.05) is 12.6 Å². The second-order valence-corrected chi connectivity index (χ2v) is 3.61. The van der Waals surface area contributed by atoms with Gasteiger partial charge in [0.2, 0.25) is 0 Å². The van der Waals surface area contributed by atoms with Gasteiger partial charge in [0.25, 0.3) is 0 Å². The topological polar surface area (TPSA) is 47.3 Å². The zero-order chi connectivity index (χ0) is 10.1.